The summed E-state index contributed by atoms with van der Waals surface area (Å²) in [5.74, 6) is 1.05. The van der Waals surface area contributed by atoms with Crippen molar-refractivity contribution in [1.82, 2.24) is 15.5 Å². The first kappa shape index (κ1) is 20.0. The lowest BCUT2D eigenvalue weighted by Crippen LogP contribution is -2.50. The van der Waals surface area contributed by atoms with Crippen LogP contribution in [0, 0.1) is 0 Å². The minimum Gasteiger partial charge on any atom is -0.496 e. The van der Waals surface area contributed by atoms with Crippen LogP contribution in [0.15, 0.2) is 24.3 Å². The van der Waals surface area contributed by atoms with Crippen LogP contribution < -0.4 is 15.4 Å². The second kappa shape index (κ2) is 10.00. The minimum absolute atomic E-state index is 0. The second-order valence-electron chi connectivity index (χ2n) is 6.83. The lowest BCUT2D eigenvalue weighted by Gasteiger charge is -2.37. The van der Waals surface area contributed by atoms with Crippen LogP contribution in [-0.2, 0) is 4.79 Å². The summed E-state index contributed by atoms with van der Waals surface area (Å²) in [6.07, 6.45) is 6.04. The maximum Gasteiger partial charge on any atom is 0.234 e. The molecule has 2 fully saturated rings. The molecule has 1 saturated heterocycles. The molecular formula is C19H30ClN3O2. The lowest BCUT2D eigenvalue weighted by molar-refractivity contribution is -0.124. The molecule has 3 rings (SSSR count). The summed E-state index contributed by atoms with van der Waals surface area (Å²) in [6, 6.07) is 8.66. The van der Waals surface area contributed by atoms with Crippen LogP contribution in [0.2, 0.25) is 0 Å². The third kappa shape index (κ3) is 5.33. The van der Waals surface area contributed by atoms with Crippen molar-refractivity contribution in [3.63, 3.8) is 0 Å². The predicted molar refractivity (Wildman–Crippen MR) is 102 cm³/mol. The summed E-state index contributed by atoms with van der Waals surface area (Å²) in [5.41, 5.74) is 1.15. The SMILES string of the molecule is COc1ccccc1C1CNCCN1CC(=O)NC1CCCCC1.Cl. The van der Waals surface area contributed by atoms with Gasteiger partial charge in [-0.15, -0.1) is 12.4 Å². The summed E-state index contributed by atoms with van der Waals surface area (Å²) in [5, 5.41) is 6.67. The molecule has 1 amide bonds. The number of para-hydroxylation sites is 1. The maximum atomic E-state index is 12.5. The Labute approximate surface area is 156 Å². The number of hydrogen-bond donors (Lipinski definition) is 2. The highest BCUT2D eigenvalue weighted by Gasteiger charge is 2.28. The molecule has 0 spiro atoms. The van der Waals surface area contributed by atoms with Crippen LogP contribution in [0.4, 0.5) is 0 Å². The molecular weight excluding hydrogens is 338 g/mol. The zero-order valence-corrected chi connectivity index (χ0v) is 15.8. The number of hydrogen-bond acceptors (Lipinski definition) is 4. The van der Waals surface area contributed by atoms with Crippen LogP contribution >= 0.6 is 12.4 Å². The first-order chi connectivity index (χ1) is 11.8. The fourth-order valence-corrected chi connectivity index (χ4v) is 3.89. The molecule has 1 saturated carbocycles. The number of methoxy groups -OCH3 is 1. The largest absolute Gasteiger partial charge is 0.496 e. The first-order valence-corrected chi connectivity index (χ1v) is 9.15. The van der Waals surface area contributed by atoms with Gasteiger partial charge in [0, 0.05) is 31.2 Å². The average Bonchev–Trinajstić information content (AvgIpc) is 2.63. The van der Waals surface area contributed by atoms with Gasteiger partial charge >= 0.3 is 0 Å². The van der Waals surface area contributed by atoms with Crippen LogP contribution in [-0.4, -0.2) is 50.1 Å². The summed E-state index contributed by atoms with van der Waals surface area (Å²) in [6.45, 7) is 3.10. The Balaban J connectivity index is 0.00000225. The molecule has 1 aromatic rings. The molecule has 2 aliphatic rings. The number of piperazine rings is 1. The summed E-state index contributed by atoms with van der Waals surface area (Å²) < 4.78 is 5.52. The smallest absolute Gasteiger partial charge is 0.234 e. The number of rotatable bonds is 5. The van der Waals surface area contributed by atoms with Crippen molar-refractivity contribution in [2.75, 3.05) is 33.3 Å². The third-order valence-corrected chi connectivity index (χ3v) is 5.17. The van der Waals surface area contributed by atoms with E-state index in [1.807, 2.05) is 18.2 Å². The zero-order chi connectivity index (χ0) is 16.8. The molecule has 1 aliphatic heterocycles. The molecule has 0 aromatic heterocycles. The Morgan fingerprint density at radius 2 is 2.04 bits per heavy atom. The van der Waals surface area contributed by atoms with Crippen LogP contribution in [0.5, 0.6) is 5.75 Å². The first-order valence-electron chi connectivity index (χ1n) is 9.15. The Hall–Kier alpha value is -1.30. The zero-order valence-electron chi connectivity index (χ0n) is 15.0. The Bertz CT molecular complexity index is 549. The Kier molecular flexibility index (Phi) is 8.00. The molecule has 6 heteroatoms. The fourth-order valence-electron chi connectivity index (χ4n) is 3.89. The molecule has 25 heavy (non-hydrogen) atoms. The van der Waals surface area contributed by atoms with Crippen molar-refractivity contribution in [2.24, 2.45) is 0 Å². The molecule has 1 aliphatic carbocycles. The van der Waals surface area contributed by atoms with E-state index in [-0.39, 0.29) is 24.4 Å². The van der Waals surface area contributed by atoms with Crippen molar-refractivity contribution in [3.8, 4) is 5.75 Å². The van der Waals surface area contributed by atoms with E-state index in [4.69, 9.17) is 4.74 Å². The predicted octanol–water partition coefficient (Wildman–Crippen LogP) is 2.51. The van der Waals surface area contributed by atoms with Crippen LogP contribution in [0.25, 0.3) is 0 Å². The average molecular weight is 368 g/mol. The topological polar surface area (TPSA) is 53.6 Å². The van der Waals surface area contributed by atoms with E-state index < -0.39 is 0 Å². The standard InChI is InChI=1S/C19H29N3O2.ClH/c1-24-18-10-6-5-9-16(18)17-13-20-11-12-22(17)14-19(23)21-15-7-3-2-4-8-15;/h5-6,9-10,15,17,20H,2-4,7-8,11-14H2,1H3,(H,21,23);1H. The van der Waals surface area contributed by atoms with E-state index in [9.17, 15) is 4.79 Å². The van der Waals surface area contributed by atoms with Crippen LogP contribution in [0.3, 0.4) is 0 Å². The van der Waals surface area contributed by atoms with Gasteiger partial charge in [0.15, 0.2) is 0 Å². The van der Waals surface area contributed by atoms with Gasteiger partial charge < -0.3 is 15.4 Å². The highest BCUT2D eigenvalue weighted by Crippen LogP contribution is 2.29. The minimum atomic E-state index is 0. The van der Waals surface area contributed by atoms with Gasteiger partial charge in [-0.3, -0.25) is 9.69 Å². The van der Waals surface area contributed by atoms with E-state index in [0.717, 1.165) is 43.8 Å². The summed E-state index contributed by atoms with van der Waals surface area (Å²) >= 11 is 0. The Morgan fingerprint density at radius 1 is 1.28 bits per heavy atom. The Morgan fingerprint density at radius 3 is 2.80 bits per heavy atom. The van der Waals surface area contributed by atoms with Gasteiger partial charge in [0.1, 0.15) is 5.75 Å². The number of halogens is 1. The monoisotopic (exact) mass is 367 g/mol. The number of benzene rings is 1. The second-order valence-corrected chi connectivity index (χ2v) is 6.83. The molecule has 5 nitrogen and oxygen atoms in total. The number of ether oxygens (including phenoxy) is 1. The van der Waals surface area contributed by atoms with Crippen molar-refractivity contribution in [3.05, 3.63) is 29.8 Å². The van der Waals surface area contributed by atoms with Crippen molar-refractivity contribution >= 4 is 18.3 Å². The normalized spacial score (nSPS) is 22.0. The molecule has 2 N–H and O–H groups in total. The molecule has 1 atom stereocenters. The highest BCUT2D eigenvalue weighted by atomic mass is 35.5. The van der Waals surface area contributed by atoms with Crippen molar-refractivity contribution in [1.29, 1.82) is 0 Å². The van der Waals surface area contributed by atoms with Gasteiger partial charge in [-0.2, -0.15) is 0 Å². The van der Waals surface area contributed by atoms with E-state index in [1.54, 1.807) is 7.11 Å². The number of nitrogens with zero attached hydrogens (tertiary/aromatic N) is 1. The van der Waals surface area contributed by atoms with E-state index in [1.165, 1.54) is 19.3 Å². The molecule has 140 valence electrons. The number of amides is 1. The van der Waals surface area contributed by atoms with Crippen molar-refractivity contribution in [2.45, 2.75) is 44.2 Å². The van der Waals surface area contributed by atoms with Gasteiger partial charge in [0.25, 0.3) is 0 Å². The van der Waals surface area contributed by atoms with Crippen LogP contribution in [0.1, 0.15) is 43.7 Å². The highest BCUT2D eigenvalue weighted by molar-refractivity contribution is 5.85. The summed E-state index contributed by atoms with van der Waals surface area (Å²) in [4.78, 5) is 14.8. The summed E-state index contributed by atoms with van der Waals surface area (Å²) in [7, 11) is 1.70. The van der Waals surface area contributed by atoms with E-state index in [0.29, 0.717) is 12.6 Å². The molecule has 1 unspecified atom stereocenters. The number of carbonyl (C=O) groups is 1. The van der Waals surface area contributed by atoms with Gasteiger partial charge in [-0.25, -0.2) is 0 Å². The quantitative estimate of drug-likeness (QED) is 0.839. The molecule has 1 aromatic carbocycles. The molecule has 1 heterocycles. The number of nitrogens with one attached hydrogen (secondary N) is 2. The van der Waals surface area contributed by atoms with Gasteiger partial charge in [-0.05, 0) is 18.9 Å². The van der Waals surface area contributed by atoms with E-state index >= 15 is 0 Å². The fraction of sp³-hybridized carbons (Fsp3) is 0.632. The third-order valence-electron chi connectivity index (χ3n) is 5.17. The number of carbonyl (C=O) groups excluding carboxylic acids is 1. The van der Waals surface area contributed by atoms with Gasteiger partial charge in [0.05, 0.1) is 19.7 Å². The van der Waals surface area contributed by atoms with Gasteiger partial charge in [-0.1, -0.05) is 37.5 Å². The molecule has 0 bridgehead atoms. The van der Waals surface area contributed by atoms with E-state index in [2.05, 4.69) is 21.6 Å². The maximum absolute atomic E-state index is 12.5. The van der Waals surface area contributed by atoms with Gasteiger partial charge in [0.2, 0.25) is 5.91 Å². The van der Waals surface area contributed by atoms with Crippen molar-refractivity contribution < 1.29 is 9.53 Å². The lowest BCUT2D eigenvalue weighted by atomic mass is 9.95. The molecule has 0 radical (unpaired) electrons.